The summed E-state index contributed by atoms with van der Waals surface area (Å²) in [7, 11) is 0. The van der Waals surface area contributed by atoms with Crippen molar-refractivity contribution < 1.29 is 14.6 Å². The van der Waals surface area contributed by atoms with Crippen molar-refractivity contribution in [3.63, 3.8) is 0 Å². The van der Waals surface area contributed by atoms with Gasteiger partial charge in [0.25, 0.3) is 5.91 Å². The van der Waals surface area contributed by atoms with Crippen LogP contribution < -0.4 is 0 Å². The monoisotopic (exact) mass is 342 g/mol. The van der Waals surface area contributed by atoms with Crippen molar-refractivity contribution in [2.75, 3.05) is 19.8 Å². The first-order valence-electron chi connectivity index (χ1n) is 8.77. The highest BCUT2D eigenvalue weighted by atomic mass is 16.5. The molecule has 1 aliphatic carbocycles. The van der Waals surface area contributed by atoms with Gasteiger partial charge < -0.3 is 14.7 Å². The van der Waals surface area contributed by atoms with Crippen LogP contribution in [0.15, 0.2) is 36.8 Å². The van der Waals surface area contributed by atoms with Crippen molar-refractivity contribution in [2.24, 2.45) is 5.92 Å². The minimum absolute atomic E-state index is 0.0820. The summed E-state index contributed by atoms with van der Waals surface area (Å²) in [5.74, 6) is -0.0278. The molecule has 2 aliphatic rings. The predicted molar refractivity (Wildman–Crippen MR) is 90.4 cm³/mol. The van der Waals surface area contributed by atoms with Crippen LogP contribution in [0.25, 0.3) is 5.69 Å². The van der Waals surface area contributed by atoms with Crippen LogP contribution in [0.1, 0.15) is 29.8 Å². The number of amides is 1. The number of aromatic nitrogens is 3. The van der Waals surface area contributed by atoms with Gasteiger partial charge in [0.2, 0.25) is 0 Å². The van der Waals surface area contributed by atoms with Gasteiger partial charge in [0, 0.05) is 31.1 Å². The number of aliphatic hydroxyl groups excluding tert-OH is 1. The molecule has 0 spiro atoms. The lowest BCUT2D eigenvalue weighted by Crippen LogP contribution is -2.53. The number of nitrogens with zero attached hydrogens (tertiary/aromatic N) is 4. The number of rotatable bonds is 3. The number of hydrogen-bond donors (Lipinski definition) is 1. The fourth-order valence-electron chi connectivity index (χ4n) is 3.90. The van der Waals surface area contributed by atoms with Gasteiger partial charge in [-0.25, -0.2) is 4.68 Å². The average molecular weight is 342 g/mol. The van der Waals surface area contributed by atoms with Gasteiger partial charge in [-0.15, -0.1) is 0 Å². The highest BCUT2D eigenvalue weighted by molar-refractivity contribution is 5.93. The maximum Gasteiger partial charge on any atom is 0.272 e. The Bertz CT molecular complexity index is 734. The number of carbonyl (C=O) groups excluding carboxylic acids is 1. The highest BCUT2D eigenvalue weighted by Gasteiger charge is 2.40. The normalized spacial score (nSPS) is 26.8. The van der Waals surface area contributed by atoms with Crippen LogP contribution >= 0.6 is 0 Å². The molecule has 3 heterocycles. The molecule has 7 nitrogen and oxygen atoms in total. The van der Waals surface area contributed by atoms with Crippen molar-refractivity contribution in [1.29, 1.82) is 0 Å². The standard InChI is InChI=1S/C18H22N4O3/c23-17-4-1-3-14(17)16-12-25-10-9-21(16)18(24)15-11-13(5-7-19-15)22-8-2-6-20-22/h2,5-8,11,14,16-17,23H,1,3-4,9-10,12H2/t14-,16+,17+/m0/s1. The minimum atomic E-state index is -0.356. The summed E-state index contributed by atoms with van der Waals surface area (Å²) in [6.45, 7) is 1.52. The Morgan fingerprint density at radius 2 is 2.24 bits per heavy atom. The van der Waals surface area contributed by atoms with E-state index in [0.29, 0.717) is 25.5 Å². The van der Waals surface area contributed by atoms with Gasteiger partial charge >= 0.3 is 0 Å². The molecule has 25 heavy (non-hydrogen) atoms. The Morgan fingerprint density at radius 1 is 1.32 bits per heavy atom. The Balaban J connectivity index is 1.59. The third-order valence-corrected chi connectivity index (χ3v) is 5.18. The van der Waals surface area contributed by atoms with Crippen LogP contribution in [-0.2, 0) is 4.74 Å². The quantitative estimate of drug-likeness (QED) is 0.908. The number of morpholine rings is 1. The van der Waals surface area contributed by atoms with Crippen LogP contribution in [0.4, 0.5) is 0 Å². The van der Waals surface area contributed by atoms with E-state index >= 15 is 0 Å². The second kappa shape index (κ2) is 6.93. The lowest BCUT2D eigenvalue weighted by Gasteiger charge is -2.39. The summed E-state index contributed by atoms with van der Waals surface area (Å²) in [4.78, 5) is 19.2. The molecule has 7 heteroatoms. The molecule has 0 unspecified atom stereocenters. The summed E-state index contributed by atoms with van der Waals surface area (Å²) in [5, 5.41) is 14.5. The topological polar surface area (TPSA) is 80.5 Å². The van der Waals surface area contributed by atoms with Crippen molar-refractivity contribution in [3.8, 4) is 5.69 Å². The maximum atomic E-state index is 13.1. The van der Waals surface area contributed by atoms with E-state index in [1.54, 1.807) is 23.1 Å². The average Bonchev–Trinajstić information content (AvgIpc) is 3.33. The largest absolute Gasteiger partial charge is 0.393 e. The van der Waals surface area contributed by atoms with Gasteiger partial charge in [0.05, 0.1) is 31.0 Å². The molecule has 1 N–H and O–H groups in total. The van der Waals surface area contributed by atoms with Crippen LogP contribution in [-0.4, -0.2) is 62.6 Å². The summed E-state index contributed by atoms with van der Waals surface area (Å²) in [5.41, 5.74) is 1.20. The number of carbonyl (C=O) groups is 1. The van der Waals surface area contributed by atoms with E-state index in [9.17, 15) is 9.90 Å². The second-order valence-corrected chi connectivity index (χ2v) is 6.65. The molecule has 0 bridgehead atoms. The lowest BCUT2D eigenvalue weighted by molar-refractivity contribution is -0.0385. The lowest BCUT2D eigenvalue weighted by atomic mass is 9.94. The van der Waals surface area contributed by atoms with Gasteiger partial charge in [-0.1, -0.05) is 6.42 Å². The minimum Gasteiger partial charge on any atom is -0.393 e. The molecule has 2 aromatic heterocycles. The second-order valence-electron chi connectivity index (χ2n) is 6.65. The number of pyridine rings is 1. The maximum absolute atomic E-state index is 13.1. The zero-order chi connectivity index (χ0) is 17.2. The predicted octanol–water partition coefficient (Wildman–Crippen LogP) is 1.27. The molecule has 1 amide bonds. The van der Waals surface area contributed by atoms with Crippen molar-refractivity contribution >= 4 is 5.91 Å². The molecule has 1 saturated carbocycles. The van der Waals surface area contributed by atoms with Crippen LogP contribution in [0.2, 0.25) is 0 Å². The number of ether oxygens (including phenoxy) is 1. The van der Waals surface area contributed by atoms with Crippen molar-refractivity contribution in [1.82, 2.24) is 19.7 Å². The van der Waals surface area contributed by atoms with Gasteiger partial charge in [0.15, 0.2) is 0 Å². The van der Waals surface area contributed by atoms with Crippen LogP contribution in [0.5, 0.6) is 0 Å². The molecule has 1 aliphatic heterocycles. The van der Waals surface area contributed by atoms with Gasteiger partial charge in [-0.05, 0) is 31.0 Å². The summed E-state index contributed by atoms with van der Waals surface area (Å²) >= 11 is 0. The van der Waals surface area contributed by atoms with Gasteiger partial charge in [-0.3, -0.25) is 9.78 Å². The molecule has 2 fully saturated rings. The Labute approximate surface area is 146 Å². The summed E-state index contributed by atoms with van der Waals surface area (Å²) in [6.07, 6.45) is 7.53. The van der Waals surface area contributed by atoms with E-state index in [-0.39, 0.29) is 24.0 Å². The van der Waals surface area contributed by atoms with E-state index in [0.717, 1.165) is 24.9 Å². The smallest absolute Gasteiger partial charge is 0.272 e. The van der Waals surface area contributed by atoms with E-state index in [1.807, 2.05) is 23.2 Å². The fraction of sp³-hybridized carbons (Fsp3) is 0.500. The summed E-state index contributed by atoms with van der Waals surface area (Å²) in [6, 6.07) is 5.32. The Morgan fingerprint density at radius 3 is 3.00 bits per heavy atom. The van der Waals surface area contributed by atoms with Crippen LogP contribution in [0.3, 0.4) is 0 Å². The fourth-order valence-corrected chi connectivity index (χ4v) is 3.90. The zero-order valence-corrected chi connectivity index (χ0v) is 14.0. The molecular weight excluding hydrogens is 320 g/mol. The molecular formula is C18H22N4O3. The van der Waals surface area contributed by atoms with Gasteiger partial charge in [-0.2, -0.15) is 5.10 Å². The Hall–Kier alpha value is -2.25. The zero-order valence-electron chi connectivity index (χ0n) is 14.0. The van der Waals surface area contributed by atoms with E-state index < -0.39 is 0 Å². The highest BCUT2D eigenvalue weighted by Crippen LogP contribution is 2.32. The summed E-state index contributed by atoms with van der Waals surface area (Å²) < 4.78 is 7.31. The van der Waals surface area contributed by atoms with Crippen LogP contribution in [0, 0.1) is 5.92 Å². The third-order valence-electron chi connectivity index (χ3n) is 5.18. The molecule has 0 aromatic carbocycles. The third kappa shape index (κ3) is 3.17. The number of aliphatic hydroxyl groups is 1. The first-order chi connectivity index (χ1) is 12.2. The van der Waals surface area contributed by atoms with Crippen molar-refractivity contribution in [3.05, 3.63) is 42.5 Å². The first kappa shape index (κ1) is 16.2. The van der Waals surface area contributed by atoms with Crippen molar-refractivity contribution in [2.45, 2.75) is 31.4 Å². The van der Waals surface area contributed by atoms with E-state index in [1.165, 1.54) is 0 Å². The molecule has 1 saturated heterocycles. The van der Waals surface area contributed by atoms with Gasteiger partial charge in [0.1, 0.15) is 5.69 Å². The number of hydrogen-bond acceptors (Lipinski definition) is 5. The SMILES string of the molecule is O=C(c1cc(-n2cccn2)ccn1)N1CCOC[C@@H]1[C@@H]1CCC[C@H]1O. The molecule has 3 atom stereocenters. The Kier molecular flexibility index (Phi) is 4.50. The van der Waals surface area contributed by atoms with E-state index in [2.05, 4.69) is 10.1 Å². The van der Waals surface area contributed by atoms with E-state index in [4.69, 9.17) is 4.74 Å². The molecule has 0 radical (unpaired) electrons. The molecule has 132 valence electrons. The molecule has 4 rings (SSSR count). The molecule has 2 aromatic rings. The first-order valence-corrected chi connectivity index (χ1v) is 8.77.